The molecule has 1 aromatic carbocycles. The van der Waals surface area contributed by atoms with Crippen LogP contribution in [0.2, 0.25) is 0 Å². The number of carbonyl (C=O) groups is 2. The fourth-order valence-electron chi connectivity index (χ4n) is 2.73. The topological polar surface area (TPSA) is 61.8 Å². The number of carbonyl (C=O) groups excluding carboxylic acids is 2. The van der Waals surface area contributed by atoms with E-state index in [4.69, 9.17) is 14.2 Å². The number of ether oxygens (including phenoxy) is 3. The molecule has 0 saturated heterocycles. The first-order valence-electron chi connectivity index (χ1n) is 9.81. The van der Waals surface area contributed by atoms with Crippen molar-refractivity contribution in [2.24, 2.45) is 0 Å². The molecule has 180 valence electrons. The molecule has 32 heavy (non-hydrogen) atoms. The maximum Gasteiger partial charge on any atom is 0.313 e. The molecular formula is C22H27Br5O5. The van der Waals surface area contributed by atoms with Crippen LogP contribution >= 0.6 is 79.6 Å². The molecule has 0 unspecified atom stereocenters. The van der Waals surface area contributed by atoms with E-state index in [0.717, 1.165) is 13.4 Å². The second-order valence-electron chi connectivity index (χ2n) is 8.30. The molecule has 1 aromatic rings. The first-order chi connectivity index (χ1) is 14.6. The van der Waals surface area contributed by atoms with E-state index < -0.39 is 17.2 Å². The van der Waals surface area contributed by atoms with E-state index in [9.17, 15) is 9.59 Å². The van der Waals surface area contributed by atoms with Crippen LogP contribution in [0.4, 0.5) is 0 Å². The highest BCUT2D eigenvalue weighted by Crippen LogP contribution is 2.48. The maximum atomic E-state index is 12.4. The van der Waals surface area contributed by atoms with Gasteiger partial charge in [0.1, 0.15) is 5.60 Å². The molecule has 0 N–H and O–H groups in total. The Morgan fingerprint density at radius 1 is 0.844 bits per heavy atom. The SMILES string of the molecule is C=C(C)C(=O)C(C)(C)OCCCC(C)(C)OCCC(=O)Oc1c(Br)c(Br)c(Br)c(Br)c1Br. The normalized spacial score (nSPS) is 12.1. The molecule has 0 fully saturated rings. The van der Waals surface area contributed by atoms with Crippen molar-refractivity contribution < 1.29 is 23.8 Å². The lowest BCUT2D eigenvalue weighted by Crippen LogP contribution is -2.36. The number of esters is 1. The molecule has 0 radical (unpaired) electrons. The zero-order chi connectivity index (χ0) is 24.9. The van der Waals surface area contributed by atoms with Crippen molar-refractivity contribution in [3.63, 3.8) is 0 Å². The van der Waals surface area contributed by atoms with E-state index in [2.05, 4.69) is 86.2 Å². The Morgan fingerprint density at radius 2 is 1.34 bits per heavy atom. The van der Waals surface area contributed by atoms with Gasteiger partial charge in [-0.15, -0.1) is 0 Å². The number of Topliss-reactive ketones (excluding diaryl/α,β-unsaturated/α-hetero) is 1. The molecule has 0 aliphatic carbocycles. The van der Waals surface area contributed by atoms with Crippen LogP contribution in [-0.4, -0.2) is 36.2 Å². The van der Waals surface area contributed by atoms with E-state index in [1.165, 1.54) is 0 Å². The predicted octanol–water partition coefficient (Wildman–Crippen LogP) is 8.31. The van der Waals surface area contributed by atoms with Crippen molar-refractivity contribution in [2.45, 2.75) is 65.1 Å². The van der Waals surface area contributed by atoms with E-state index in [0.29, 0.717) is 39.7 Å². The quantitative estimate of drug-likeness (QED) is 0.0535. The van der Waals surface area contributed by atoms with Gasteiger partial charge in [0, 0.05) is 11.1 Å². The van der Waals surface area contributed by atoms with Crippen molar-refractivity contribution in [3.8, 4) is 5.75 Å². The third-order valence-corrected chi connectivity index (χ3v) is 10.5. The van der Waals surface area contributed by atoms with E-state index in [1.807, 2.05) is 13.8 Å². The van der Waals surface area contributed by atoms with Crippen LogP contribution < -0.4 is 4.74 Å². The Morgan fingerprint density at radius 3 is 1.84 bits per heavy atom. The van der Waals surface area contributed by atoms with Gasteiger partial charge in [-0.1, -0.05) is 6.58 Å². The summed E-state index contributed by atoms with van der Waals surface area (Å²) in [4.78, 5) is 24.4. The fraction of sp³-hybridized carbons (Fsp3) is 0.545. The fourth-order valence-corrected chi connectivity index (χ4v) is 5.90. The van der Waals surface area contributed by atoms with Crippen LogP contribution in [0.1, 0.15) is 53.9 Å². The van der Waals surface area contributed by atoms with E-state index in [-0.39, 0.29) is 18.8 Å². The lowest BCUT2D eigenvalue weighted by molar-refractivity contribution is -0.137. The monoisotopic (exact) mass is 766 g/mol. The molecule has 10 heteroatoms. The van der Waals surface area contributed by atoms with Crippen molar-refractivity contribution >= 4 is 91.4 Å². The van der Waals surface area contributed by atoms with Gasteiger partial charge in [0.05, 0.1) is 36.5 Å². The molecular weight excluding hydrogens is 744 g/mol. The summed E-state index contributed by atoms with van der Waals surface area (Å²) in [5.41, 5.74) is -0.857. The molecule has 0 amide bonds. The molecule has 0 aliphatic rings. The lowest BCUT2D eigenvalue weighted by Gasteiger charge is -2.27. The summed E-state index contributed by atoms with van der Waals surface area (Å²) >= 11 is 17.2. The van der Waals surface area contributed by atoms with Crippen LogP contribution in [0.3, 0.4) is 0 Å². The van der Waals surface area contributed by atoms with Crippen molar-refractivity contribution in [2.75, 3.05) is 13.2 Å². The minimum absolute atomic E-state index is 0.101. The summed E-state index contributed by atoms with van der Waals surface area (Å²) in [6.07, 6.45) is 1.53. The summed E-state index contributed by atoms with van der Waals surface area (Å²) in [5.74, 6) is -0.137. The summed E-state index contributed by atoms with van der Waals surface area (Å²) in [5, 5.41) is 0. The van der Waals surface area contributed by atoms with Gasteiger partial charge in [-0.05, 0) is 133 Å². The molecule has 0 saturated carbocycles. The third kappa shape index (κ3) is 8.89. The smallest absolute Gasteiger partial charge is 0.313 e. The second kappa shape index (κ2) is 12.9. The highest BCUT2D eigenvalue weighted by Gasteiger charge is 2.29. The van der Waals surface area contributed by atoms with Crippen LogP contribution in [0.5, 0.6) is 5.75 Å². The molecule has 0 heterocycles. The zero-order valence-corrected chi connectivity index (χ0v) is 26.6. The van der Waals surface area contributed by atoms with Crippen LogP contribution in [0, 0.1) is 0 Å². The Balaban J connectivity index is 2.50. The Kier molecular flexibility index (Phi) is 12.3. The Bertz CT molecular complexity index is 851. The van der Waals surface area contributed by atoms with Crippen LogP contribution in [-0.2, 0) is 19.1 Å². The lowest BCUT2D eigenvalue weighted by atomic mass is 9.98. The van der Waals surface area contributed by atoms with Crippen LogP contribution in [0.25, 0.3) is 0 Å². The first kappa shape index (κ1) is 30.5. The number of ketones is 1. The van der Waals surface area contributed by atoms with Crippen molar-refractivity contribution in [1.82, 2.24) is 0 Å². The van der Waals surface area contributed by atoms with Gasteiger partial charge in [-0.2, -0.15) is 0 Å². The molecule has 0 aliphatic heterocycles. The zero-order valence-electron chi connectivity index (χ0n) is 18.7. The number of halogens is 5. The minimum atomic E-state index is -0.889. The molecule has 0 atom stereocenters. The van der Waals surface area contributed by atoms with Gasteiger partial charge in [-0.3, -0.25) is 9.59 Å². The second-order valence-corrected chi connectivity index (χ2v) is 12.3. The average molecular weight is 771 g/mol. The predicted molar refractivity (Wildman–Crippen MR) is 144 cm³/mol. The number of hydrogen-bond acceptors (Lipinski definition) is 5. The third-order valence-electron chi connectivity index (χ3n) is 4.50. The number of benzene rings is 1. The van der Waals surface area contributed by atoms with Crippen molar-refractivity contribution in [3.05, 3.63) is 34.5 Å². The Hall–Kier alpha value is 0.420. The average Bonchev–Trinajstić information content (AvgIpc) is 2.70. The molecule has 0 aromatic heterocycles. The molecule has 5 nitrogen and oxygen atoms in total. The standard InChI is InChI=1S/C22H27Br5O5/c1-12(2)20(29)22(5,6)31-10-7-9-21(3,4)30-11-8-13(28)32-19-17(26)15(24)14(23)16(25)18(19)27/h1,7-11H2,2-6H3. The summed E-state index contributed by atoms with van der Waals surface area (Å²) in [7, 11) is 0. The van der Waals surface area contributed by atoms with Crippen LogP contribution in [0.15, 0.2) is 34.5 Å². The molecule has 0 spiro atoms. The minimum Gasteiger partial charge on any atom is -0.424 e. The molecule has 1 rings (SSSR count). The highest BCUT2D eigenvalue weighted by molar-refractivity contribution is 9.15. The van der Waals surface area contributed by atoms with E-state index >= 15 is 0 Å². The number of rotatable bonds is 12. The van der Waals surface area contributed by atoms with Gasteiger partial charge in [0.25, 0.3) is 0 Å². The molecule has 0 bridgehead atoms. The summed E-state index contributed by atoms with van der Waals surface area (Å²) in [6, 6.07) is 0. The summed E-state index contributed by atoms with van der Waals surface area (Å²) < 4.78 is 20.6. The maximum absolute atomic E-state index is 12.4. The number of hydrogen-bond donors (Lipinski definition) is 0. The first-order valence-corrected chi connectivity index (χ1v) is 13.8. The highest BCUT2D eigenvalue weighted by atomic mass is 79.9. The van der Waals surface area contributed by atoms with Gasteiger partial charge in [0.15, 0.2) is 11.5 Å². The Labute approximate surface area is 232 Å². The van der Waals surface area contributed by atoms with Crippen molar-refractivity contribution in [1.29, 1.82) is 0 Å². The van der Waals surface area contributed by atoms with E-state index in [1.54, 1.807) is 20.8 Å². The largest absolute Gasteiger partial charge is 0.424 e. The van der Waals surface area contributed by atoms with Gasteiger partial charge in [0.2, 0.25) is 0 Å². The van der Waals surface area contributed by atoms with Gasteiger partial charge < -0.3 is 14.2 Å². The summed E-state index contributed by atoms with van der Waals surface area (Å²) in [6.45, 7) is 13.4. The van der Waals surface area contributed by atoms with Gasteiger partial charge >= 0.3 is 5.97 Å². The van der Waals surface area contributed by atoms with Gasteiger partial charge in [-0.25, -0.2) is 0 Å².